The molecule has 1 unspecified atom stereocenters. The summed E-state index contributed by atoms with van der Waals surface area (Å²) in [6.45, 7) is 8.95. The number of anilines is 3. The van der Waals surface area contributed by atoms with E-state index in [9.17, 15) is 23.8 Å². The lowest BCUT2D eigenvalue weighted by molar-refractivity contribution is -0.137. The van der Waals surface area contributed by atoms with Crippen molar-refractivity contribution in [3.63, 3.8) is 0 Å². The van der Waals surface area contributed by atoms with E-state index in [1.54, 1.807) is 0 Å². The zero-order chi connectivity index (χ0) is 27.2. The van der Waals surface area contributed by atoms with E-state index in [4.69, 9.17) is 0 Å². The number of hydrogen-bond acceptors (Lipinski definition) is 5. The fraction of sp³-hybridized carbons (Fsp3) is 0.500. The van der Waals surface area contributed by atoms with Crippen molar-refractivity contribution < 1.29 is 23.8 Å². The maximum Gasteiger partial charge on any atom is 0.323 e. The van der Waals surface area contributed by atoms with Crippen molar-refractivity contribution in [3.05, 3.63) is 53.6 Å². The van der Waals surface area contributed by atoms with Crippen molar-refractivity contribution in [1.82, 2.24) is 0 Å². The predicted octanol–water partition coefficient (Wildman–Crippen LogP) is 6.98. The standard InChI is InChI=1S/C28H41N3O5S/c1-5-21(17-27(32)33)22-8-11-26(31(18-19(2)3)24-12-14-37(35,36)15-13-24)25(16-22)30-28(34)29-23-9-6-20(4)7-10-23/h6-11,16,19,21,24,35-36H,5,12-15,17-18H2,1-4H3,(H,32,33)(H2,29,30,34). The van der Waals surface area contributed by atoms with Gasteiger partial charge in [0.25, 0.3) is 0 Å². The summed E-state index contributed by atoms with van der Waals surface area (Å²) in [6, 6.07) is 13.1. The molecule has 9 heteroatoms. The Morgan fingerprint density at radius 3 is 2.27 bits per heavy atom. The largest absolute Gasteiger partial charge is 0.481 e. The number of carboxylic acid groups (broad SMARTS) is 1. The van der Waals surface area contributed by atoms with Gasteiger partial charge in [-0.15, -0.1) is 0 Å². The lowest BCUT2D eigenvalue weighted by atomic mass is 9.92. The first-order valence-electron chi connectivity index (χ1n) is 13.0. The van der Waals surface area contributed by atoms with E-state index in [-0.39, 0.29) is 24.4 Å². The molecule has 1 fully saturated rings. The molecule has 0 spiro atoms. The number of carbonyl (C=O) groups is 2. The van der Waals surface area contributed by atoms with Crippen LogP contribution < -0.4 is 15.5 Å². The van der Waals surface area contributed by atoms with Crippen LogP contribution in [0.3, 0.4) is 0 Å². The van der Waals surface area contributed by atoms with Crippen LogP contribution in [0.4, 0.5) is 21.9 Å². The second kappa shape index (κ2) is 12.7. The molecule has 8 nitrogen and oxygen atoms in total. The lowest BCUT2D eigenvalue weighted by Crippen LogP contribution is -2.42. The van der Waals surface area contributed by atoms with Crippen LogP contribution in [0.25, 0.3) is 0 Å². The smallest absolute Gasteiger partial charge is 0.323 e. The van der Waals surface area contributed by atoms with Gasteiger partial charge in [0.05, 0.1) is 17.8 Å². The highest BCUT2D eigenvalue weighted by Gasteiger charge is 2.30. The van der Waals surface area contributed by atoms with Gasteiger partial charge in [0.2, 0.25) is 0 Å². The molecule has 0 aromatic heterocycles. The number of nitrogens with zero attached hydrogens (tertiary/aromatic N) is 1. The Morgan fingerprint density at radius 1 is 1.05 bits per heavy atom. The first kappa shape index (κ1) is 28.8. The number of rotatable bonds is 10. The van der Waals surface area contributed by atoms with Crippen LogP contribution in [-0.2, 0) is 4.79 Å². The van der Waals surface area contributed by atoms with Crippen LogP contribution in [0.1, 0.15) is 63.5 Å². The molecule has 0 aliphatic carbocycles. The normalized spacial score (nSPS) is 17.2. The van der Waals surface area contributed by atoms with E-state index in [0.717, 1.165) is 23.4 Å². The Bertz CT molecular complexity index is 1060. The Balaban J connectivity index is 1.96. The molecule has 2 aromatic rings. The predicted molar refractivity (Wildman–Crippen MR) is 153 cm³/mol. The molecule has 0 saturated carbocycles. The van der Waals surface area contributed by atoms with Gasteiger partial charge in [0.15, 0.2) is 0 Å². The molecule has 1 aliphatic heterocycles. The first-order chi connectivity index (χ1) is 17.5. The molecule has 2 aromatic carbocycles. The molecule has 1 atom stereocenters. The van der Waals surface area contributed by atoms with E-state index < -0.39 is 16.6 Å². The average molecular weight is 532 g/mol. The van der Waals surface area contributed by atoms with Crippen molar-refractivity contribution in [2.75, 3.05) is 33.6 Å². The second-order valence-corrected chi connectivity index (χ2v) is 12.8. The fourth-order valence-electron chi connectivity index (χ4n) is 4.83. The van der Waals surface area contributed by atoms with Gasteiger partial charge >= 0.3 is 12.0 Å². The minimum absolute atomic E-state index is 0.0149. The molecule has 5 N–H and O–H groups in total. The lowest BCUT2D eigenvalue weighted by Gasteiger charge is -2.44. The van der Waals surface area contributed by atoms with Crippen molar-refractivity contribution in [2.24, 2.45) is 5.92 Å². The van der Waals surface area contributed by atoms with Crippen molar-refractivity contribution in [2.45, 2.75) is 65.3 Å². The van der Waals surface area contributed by atoms with Crippen molar-refractivity contribution in [1.29, 1.82) is 0 Å². The van der Waals surface area contributed by atoms with Crippen LogP contribution in [0, 0.1) is 12.8 Å². The summed E-state index contributed by atoms with van der Waals surface area (Å²) in [4.78, 5) is 26.8. The first-order valence-corrected chi connectivity index (χ1v) is 14.9. The number of carboxylic acids is 1. The Labute approximate surface area is 221 Å². The molecular formula is C28H41N3O5S. The second-order valence-electron chi connectivity index (χ2n) is 10.4. The highest BCUT2D eigenvalue weighted by Crippen LogP contribution is 2.46. The zero-order valence-corrected chi connectivity index (χ0v) is 23.1. The third kappa shape index (κ3) is 8.38. The van der Waals surface area contributed by atoms with Gasteiger partial charge in [-0.05, 0) is 67.9 Å². The molecule has 37 heavy (non-hydrogen) atoms. The van der Waals surface area contributed by atoms with Gasteiger partial charge in [0.1, 0.15) is 0 Å². The van der Waals surface area contributed by atoms with E-state index in [1.165, 1.54) is 0 Å². The van der Waals surface area contributed by atoms with Gasteiger partial charge in [-0.2, -0.15) is 10.6 Å². The summed E-state index contributed by atoms with van der Waals surface area (Å²) in [5.74, 6) is 0.0555. The number of carbonyl (C=O) groups excluding carboxylic acids is 1. The summed E-state index contributed by atoms with van der Waals surface area (Å²) < 4.78 is 20.3. The molecule has 204 valence electrons. The van der Waals surface area contributed by atoms with Crippen molar-refractivity contribution in [3.8, 4) is 0 Å². The van der Waals surface area contributed by atoms with Gasteiger partial charge in [-0.3, -0.25) is 13.9 Å². The molecule has 1 heterocycles. The number of aliphatic carboxylic acids is 1. The fourth-order valence-corrected chi connectivity index (χ4v) is 6.34. The van der Waals surface area contributed by atoms with Crippen molar-refractivity contribution >= 4 is 39.7 Å². The Hall–Kier alpha value is -2.75. The van der Waals surface area contributed by atoms with Crippen LogP contribution in [0.2, 0.25) is 0 Å². The average Bonchev–Trinajstić information content (AvgIpc) is 2.82. The summed E-state index contributed by atoms with van der Waals surface area (Å²) >= 11 is 0. The number of urea groups is 1. The number of nitrogens with one attached hydrogen (secondary N) is 2. The number of benzene rings is 2. The number of hydrogen-bond donors (Lipinski definition) is 5. The van der Waals surface area contributed by atoms with Gasteiger partial charge < -0.3 is 20.6 Å². The van der Waals surface area contributed by atoms with Crippen LogP contribution >= 0.6 is 10.6 Å². The number of aryl methyl sites for hydroxylation is 1. The third-order valence-electron chi connectivity index (χ3n) is 6.83. The van der Waals surface area contributed by atoms with E-state index in [0.29, 0.717) is 48.1 Å². The van der Waals surface area contributed by atoms with E-state index in [1.807, 2.05) is 56.3 Å². The summed E-state index contributed by atoms with van der Waals surface area (Å²) in [5.41, 5.74) is 4.10. The quantitative estimate of drug-likeness (QED) is 0.225. The van der Waals surface area contributed by atoms with E-state index in [2.05, 4.69) is 29.4 Å². The number of amides is 2. The van der Waals surface area contributed by atoms with Crippen LogP contribution in [-0.4, -0.2) is 50.3 Å². The van der Waals surface area contributed by atoms with E-state index >= 15 is 0 Å². The Morgan fingerprint density at radius 2 is 1.70 bits per heavy atom. The monoisotopic (exact) mass is 531 g/mol. The maximum absolute atomic E-state index is 13.1. The minimum Gasteiger partial charge on any atom is -0.481 e. The molecular weight excluding hydrogens is 490 g/mol. The molecule has 1 saturated heterocycles. The molecule has 2 amide bonds. The molecule has 0 radical (unpaired) electrons. The SMILES string of the molecule is CCC(CC(=O)O)c1ccc(N(CC(C)C)C2CCS(O)(O)CC2)c(NC(=O)Nc2ccc(C)cc2)c1. The summed E-state index contributed by atoms with van der Waals surface area (Å²) in [5, 5.41) is 15.3. The zero-order valence-electron chi connectivity index (χ0n) is 22.2. The molecule has 0 bridgehead atoms. The molecule has 3 rings (SSSR count). The summed E-state index contributed by atoms with van der Waals surface area (Å²) in [6.07, 6.45) is 1.99. The van der Waals surface area contributed by atoms with Crippen LogP contribution in [0.5, 0.6) is 0 Å². The maximum atomic E-state index is 13.1. The summed E-state index contributed by atoms with van der Waals surface area (Å²) in [7, 11) is -2.52. The minimum atomic E-state index is -2.52. The van der Waals surface area contributed by atoms with Crippen LogP contribution in [0.15, 0.2) is 42.5 Å². The Kier molecular flexibility index (Phi) is 9.87. The highest BCUT2D eigenvalue weighted by atomic mass is 32.3. The van der Waals surface area contributed by atoms with Gasteiger partial charge in [0, 0.05) is 29.8 Å². The molecule has 1 aliphatic rings. The highest BCUT2D eigenvalue weighted by molar-refractivity contribution is 8.24. The third-order valence-corrected chi connectivity index (χ3v) is 8.61. The van der Waals surface area contributed by atoms with Gasteiger partial charge in [-0.25, -0.2) is 4.79 Å². The van der Waals surface area contributed by atoms with Gasteiger partial charge in [-0.1, -0.05) is 44.5 Å². The topological polar surface area (TPSA) is 122 Å².